The van der Waals surface area contributed by atoms with Crippen LogP contribution in [0.15, 0.2) is 11.8 Å². The molecule has 0 fully saturated rings. The Balaban J connectivity index is 3.73. The minimum Gasteiger partial charge on any atom is -0.366 e. The van der Waals surface area contributed by atoms with Crippen LogP contribution in [-0.2, 0) is 4.79 Å². The Labute approximate surface area is 79.8 Å². The number of rotatable bonds is 6. The number of carbonyl (C=O) groups is 1. The molecule has 0 spiro atoms. The van der Waals surface area contributed by atoms with Crippen LogP contribution in [0.25, 0.3) is 0 Å². The van der Waals surface area contributed by atoms with Gasteiger partial charge in [0.2, 0.25) is 5.91 Å². The minimum atomic E-state index is -0.392. The zero-order valence-corrected chi connectivity index (χ0v) is 8.63. The van der Waals surface area contributed by atoms with E-state index in [-0.39, 0.29) is 0 Å². The van der Waals surface area contributed by atoms with Crippen molar-refractivity contribution in [3.05, 3.63) is 11.8 Å². The highest BCUT2D eigenvalue weighted by atomic mass is 16.1. The van der Waals surface area contributed by atoms with Gasteiger partial charge in [-0.25, -0.2) is 5.01 Å². The molecule has 0 rings (SSSR count). The molecule has 76 valence electrons. The highest BCUT2D eigenvalue weighted by molar-refractivity contribution is 5.91. The third-order valence-electron chi connectivity index (χ3n) is 1.74. The molecule has 0 aliphatic rings. The molecule has 4 nitrogen and oxygen atoms in total. The van der Waals surface area contributed by atoms with Crippen LogP contribution in [0, 0.1) is 0 Å². The van der Waals surface area contributed by atoms with E-state index >= 15 is 0 Å². The molecule has 0 aliphatic carbocycles. The number of hydrogen-bond donors (Lipinski definition) is 2. The van der Waals surface area contributed by atoms with Crippen LogP contribution in [0.2, 0.25) is 0 Å². The molecule has 1 amide bonds. The summed E-state index contributed by atoms with van der Waals surface area (Å²) in [5.74, 6) is -0.392. The van der Waals surface area contributed by atoms with Crippen LogP contribution >= 0.6 is 0 Å². The van der Waals surface area contributed by atoms with Gasteiger partial charge in [0.15, 0.2) is 0 Å². The minimum absolute atomic E-state index is 0.392. The van der Waals surface area contributed by atoms with Crippen LogP contribution < -0.4 is 11.2 Å². The van der Waals surface area contributed by atoms with Gasteiger partial charge in [0.1, 0.15) is 0 Å². The van der Waals surface area contributed by atoms with Gasteiger partial charge >= 0.3 is 0 Å². The number of hydrogen-bond acceptors (Lipinski definition) is 3. The van der Waals surface area contributed by atoms with Crippen molar-refractivity contribution in [3.8, 4) is 0 Å². The lowest BCUT2D eigenvalue weighted by Gasteiger charge is -2.15. The van der Waals surface area contributed by atoms with Gasteiger partial charge in [-0.05, 0) is 13.3 Å². The summed E-state index contributed by atoms with van der Waals surface area (Å²) in [7, 11) is 1.93. The quantitative estimate of drug-likeness (QED) is 0.471. The standard InChI is InChI=1S/C9H19N3O/c1-4-5-6-12(3)11-7-8(2)9(10)13/h7,11H,4-6H2,1-3H3,(H2,10,13)/b8-7+. The summed E-state index contributed by atoms with van der Waals surface area (Å²) in [4.78, 5) is 10.6. The zero-order chi connectivity index (χ0) is 10.3. The second-order valence-corrected chi connectivity index (χ2v) is 3.10. The van der Waals surface area contributed by atoms with Crippen LogP contribution in [-0.4, -0.2) is 24.5 Å². The summed E-state index contributed by atoms with van der Waals surface area (Å²) in [6.07, 6.45) is 3.91. The molecular formula is C9H19N3O. The number of nitrogens with two attached hydrogens (primary N) is 1. The van der Waals surface area contributed by atoms with Gasteiger partial charge in [-0.2, -0.15) is 0 Å². The summed E-state index contributed by atoms with van der Waals surface area (Å²) in [6, 6.07) is 0. The fourth-order valence-corrected chi connectivity index (χ4v) is 0.738. The second kappa shape index (κ2) is 6.48. The molecule has 0 aromatic heterocycles. The molecule has 3 N–H and O–H groups in total. The van der Waals surface area contributed by atoms with E-state index in [2.05, 4.69) is 12.3 Å². The first-order chi connectivity index (χ1) is 6.07. The molecule has 4 heteroatoms. The van der Waals surface area contributed by atoms with Crippen LogP contribution in [0.3, 0.4) is 0 Å². The molecule has 0 aliphatic heterocycles. The van der Waals surface area contributed by atoms with Crippen LogP contribution in [0.4, 0.5) is 0 Å². The van der Waals surface area contributed by atoms with E-state index in [1.54, 1.807) is 13.1 Å². The predicted molar refractivity (Wildman–Crippen MR) is 53.6 cm³/mol. The second-order valence-electron chi connectivity index (χ2n) is 3.10. The summed E-state index contributed by atoms with van der Waals surface area (Å²) in [6.45, 7) is 4.78. The fraction of sp³-hybridized carbons (Fsp3) is 0.667. The van der Waals surface area contributed by atoms with Crippen molar-refractivity contribution in [1.82, 2.24) is 10.4 Å². The van der Waals surface area contributed by atoms with Crippen molar-refractivity contribution in [2.75, 3.05) is 13.6 Å². The third-order valence-corrected chi connectivity index (χ3v) is 1.74. The van der Waals surface area contributed by atoms with Crippen molar-refractivity contribution >= 4 is 5.91 Å². The van der Waals surface area contributed by atoms with Gasteiger partial charge in [0.25, 0.3) is 0 Å². The number of hydrazine groups is 1. The van der Waals surface area contributed by atoms with Crippen molar-refractivity contribution in [3.63, 3.8) is 0 Å². The lowest BCUT2D eigenvalue weighted by Crippen LogP contribution is -2.31. The maximum Gasteiger partial charge on any atom is 0.245 e. The number of nitrogens with zero attached hydrogens (tertiary/aromatic N) is 1. The summed E-state index contributed by atoms with van der Waals surface area (Å²) >= 11 is 0. The van der Waals surface area contributed by atoms with Crippen LogP contribution in [0.1, 0.15) is 26.7 Å². The van der Waals surface area contributed by atoms with E-state index in [1.165, 1.54) is 0 Å². The molecule has 0 aromatic carbocycles. The highest BCUT2D eigenvalue weighted by Gasteiger charge is 1.97. The van der Waals surface area contributed by atoms with E-state index in [4.69, 9.17) is 5.73 Å². The lowest BCUT2D eigenvalue weighted by atomic mass is 10.3. The molecule has 0 bridgehead atoms. The topological polar surface area (TPSA) is 58.4 Å². The summed E-state index contributed by atoms with van der Waals surface area (Å²) < 4.78 is 0. The van der Waals surface area contributed by atoms with E-state index in [1.807, 2.05) is 12.1 Å². The Morgan fingerprint density at radius 3 is 2.69 bits per heavy atom. The Hall–Kier alpha value is -1.03. The van der Waals surface area contributed by atoms with Crippen molar-refractivity contribution in [1.29, 1.82) is 0 Å². The molecule has 0 heterocycles. The van der Waals surface area contributed by atoms with Gasteiger partial charge in [0, 0.05) is 25.4 Å². The molecule has 0 aromatic rings. The number of amides is 1. The average Bonchev–Trinajstić information content (AvgIpc) is 2.10. The van der Waals surface area contributed by atoms with Crippen molar-refractivity contribution in [2.24, 2.45) is 5.73 Å². The van der Waals surface area contributed by atoms with Gasteiger partial charge in [0.05, 0.1) is 0 Å². The van der Waals surface area contributed by atoms with E-state index in [0.29, 0.717) is 5.57 Å². The monoisotopic (exact) mass is 185 g/mol. The van der Waals surface area contributed by atoms with Gasteiger partial charge in [-0.3, -0.25) is 4.79 Å². The van der Waals surface area contributed by atoms with E-state index < -0.39 is 5.91 Å². The summed E-state index contributed by atoms with van der Waals surface area (Å²) in [5.41, 5.74) is 8.56. The normalized spacial score (nSPS) is 11.8. The zero-order valence-electron chi connectivity index (χ0n) is 8.63. The molecule has 0 atom stereocenters. The van der Waals surface area contributed by atoms with Crippen molar-refractivity contribution in [2.45, 2.75) is 26.7 Å². The molecule has 13 heavy (non-hydrogen) atoms. The maximum atomic E-state index is 10.6. The van der Waals surface area contributed by atoms with Gasteiger partial charge < -0.3 is 11.2 Å². The van der Waals surface area contributed by atoms with E-state index in [9.17, 15) is 4.79 Å². The fourth-order valence-electron chi connectivity index (χ4n) is 0.738. The SMILES string of the molecule is CCCCN(C)N/C=C(\C)C(N)=O. The Morgan fingerprint density at radius 1 is 1.62 bits per heavy atom. The molecule has 0 unspecified atom stereocenters. The number of unbranched alkanes of at least 4 members (excludes halogenated alkanes) is 1. The van der Waals surface area contributed by atoms with Gasteiger partial charge in [-0.15, -0.1) is 0 Å². The van der Waals surface area contributed by atoms with Gasteiger partial charge in [-0.1, -0.05) is 13.3 Å². The third kappa shape index (κ3) is 6.16. The highest BCUT2D eigenvalue weighted by Crippen LogP contribution is 1.90. The molecular weight excluding hydrogens is 166 g/mol. The van der Waals surface area contributed by atoms with Crippen molar-refractivity contribution < 1.29 is 4.79 Å². The summed E-state index contributed by atoms with van der Waals surface area (Å²) in [5, 5.41) is 1.93. The number of carbonyl (C=O) groups excluding carboxylic acids is 1. The number of primary amides is 1. The smallest absolute Gasteiger partial charge is 0.245 e. The predicted octanol–water partition coefficient (Wildman–Crippen LogP) is 0.612. The largest absolute Gasteiger partial charge is 0.366 e. The molecule has 0 saturated heterocycles. The number of nitrogens with one attached hydrogen (secondary N) is 1. The first-order valence-corrected chi connectivity index (χ1v) is 4.51. The Morgan fingerprint density at radius 2 is 2.23 bits per heavy atom. The average molecular weight is 185 g/mol. The Kier molecular flexibility index (Phi) is 5.97. The molecule has 0 radical (unpaired) electrons. The first-order valence-electron chi connectivity index (χ1n) is 4.51. The van der Waals surface area contributed by atoms with Crippen LogP contribution in [0.5, 0.6) is 0 Å². The molecule has 0 saturated carbocycles. The maximum absolute atomic E-state index is 10.6. The first kappa shape index (κ1) is 12.0. The van der Waals surface area contributed by atoms with E-state index in [0.717, 1.165) is 19.4 Å². The Bertz CT molecular complexity index is 189. The lowest BCUT2D eigenvalue weighted by molar-refractivity contribution is -0.114.